The van der Waals surface area contributed by atoms with E-state index in [-0.39, 0.29) is 50.0 Å². The number of hydrogen-bond donors (Lipinski definition) is 0. The molecule has 2 aliphatic rings. The van der Waals surface area contributed by atoms with Gasteiger partial charge in [0.05, 0.1) is 28.4 Å². The summed E-state index contributed by atoms with van der Waals surface area (Å²) in [6, 6.07) is 8.51. The first-order valence-electron chi connectivity index (χ1n) is 9.27. The number of sulfone groups is 1. The third-order valence-corrected chi connectivity index (χ3v) is 9.45. The Morgan fingerprint density at radius 3 is 2.55 bits per heavy atom. The monoisotopic (exact) mass is 441 g/mol. The topological polar surface area (TPSA) is 125 Å². The van der Waals surface area contributed by atoms with Gasteiger partial charge in [0.2, 0.25) is 10.0 Å². The summed E-state index contributed by atoms with van der Waals surface area (Å²) in [7, 11) is -7.00. The van der Waals surface area contributed by atoms with Crippen molar-refractivity contribution in [1.82, 2.24) is 9.21 Å². The van der Waals surface area contributed by atoms with Crippen LogP contribution in [0.25, 0.3) is 0 Å². The number of amides is 1. The highest BCUT2D eigenvalue weighted by Crippen LogP contribution is 2.23. The molecule has 2 aliphatic heterocycles. The zero-order chi connectivity index (χ0) is 21.2. The van der Waals surface area contributed by atoms with E-state index in [1.165, 1.54) is 9.21 Å². The second kappa shape index (κ2) is 8.30. The van der Waals surface area contributed by atoms with Gasteiger partial charge in [-0.25, -0.2) is 16.8 Å². The van der Waals surface area contributed by atoms with Crippen LogP contribution in [-0.2, 0) is 24.7 Å². The number of carbonyl (C=O) groups excluding carboxylic acids is 1. The van der Waals surface area contributed by atoms with E-state index in [0.29, 0.717) is 11.3 Å². The van der Waals surface area contributed by atoms with Crippen LogP contribution >= 0.6 is 0 Å². The minimum absolute atomic E-state index is 0.1000. The third kappa shape index (κ3) is 4.88. The number of rotatable bonds is 5. The summed E-state index contributed by atoms with van der Waals surface area (Å²) in [4.78, 5) is 14.2. The highest BCUT2D eigenvalue weighted by atomic mass is 32.2. The number of nitrogens with zero attached hydrogens (tertiary/aromatic N) is 3. The summed E-state index contributed by atoms with van der Waals surface area (Å²) in [5.41, 5.74) is 0.426. The van der Waals surface area contributed by atoms with Crippen molar-refractivity contribution in [3.05, 3.63) is 29.8 Å². The smallest absolute Gasteiger partial charge is 0.263 e. The van der Waals surface area contributed by atoms with Crippen LogP contribution < -0.4 is 4.74 Å². The molecule has 2 unspecified atom stereocenters. The lowest BCUT2D eigenvalue weighted by Crippen LogP contribution is -2.54. The van der Waals surface area contributed by atoms with Gasteiger partial charge in [-0.1, -0.05) is 6.07 Å². The van der Waals surface area contributed by atoms with Gasteiger partial charge in [0.15, 0.2) is 15.9 Å². The standard InChI is InChI=1S/C18H23N3O6S2/c1-14(27-16-4-2-3-15(11-16)12-19)18(22)20-6-8-21(9-7-20)29(25,26)17-5-10-28(23,24)13-17/h2-4,11,14,17H,5-10,13H2,1H3. The van der Waals surface area contributed by atoms with E-state index in [0.717, 1.165) is 0 Å². The van der Waals surface area contributed by atoms with E-state index < -0.39 is 31.2 Å². The molecular formula is C18H23N3O6S2. The first-order valence-corrected chi connectivity index (χ1v) is 12.6. The average molecular weight is 442 g/mol. The molecule has 0 N–H and O–H groups in total. The lowest BCUT2D eigenvalue weighted by molar-refractivity contribution is -0.139. The van der Waals surface area contributed by atoms with Crippen LogP contribution in [0.1, 0.15) is 18.9 Å². The van der Waals surface area contributed by atoms with Crippen LogP contribution in [0.3, 0.4) is 0 Å². The van der Waals surface area contributed by atoms with Gasteiger partial charge in [-0.2, -0.15) is 9.57 Å². The van der Waals surface area contributed by atoms with Crippen molar-refractivity contribution in [2.45, 2.75) is 24.7 Å². The molecule has 1 aromatic carbocycles. The van der Waals surface area contributed by atoms with Crippen LogP contribution in [0.4, 0.5) is 0 Å². The van der Waals surface area contributed by atoms with Crippen molar-refractivity contribution in [3.8, 4) is 11.8 Å². The van der Waals surface area contributed by atoms with Gasteiger partial charge in [-0.3, -0.25) is 4.79 Å². The van der Waals surface area contributed by atoms with Gasteiger partial charge in [-0.15, -0.1) is 0 Å². The maximum Gasteiger partial charge on any atom is 0.263 e. The van der Waals surface area contributed by atoms with E-state index >= 15 is 0 Å². The van der Waals surface area contributed by atoms with Gasteiger partial charge < -0.3 is 9.64 Å². The molecule has 3 rings (SSSR count). The molecule has 0 aliphatic carbocycles. The van der Waals surface area contributed by atoms with Crippen LogP contribution in [0.15, 0.2) is 24.3 Å². The zero-order valence-electron chi connectivity index (χ0n) is 16.0. The second-order valence-corrected chi connectivity index (χ2v) is 11.6. The van der Waals surface area contributed by atoms with Crippen LogP contribution in [0.5, 0.6) is 5.75 Å². The molecule has 0 aromatic heterocycles. The number of nitriles is 1. The summed E-state index contributed by atoms with van der Waals surface area (Å²) in [5, 5.41) is 8.04. The molecule has 158 valence electrons. The summed E-state index contributed by atoms with van der Waals surface area (Å²) in [5.74, 6) is -0.292. The first kappa shape index (κ1) is 21.5. The number of sulfonamides is 1. The molecule has 1 amide bonds. The van der Waals surface area contributed by atoms with E-state index in [9.17, 15) is 21.6 Å². The van der Waals surface area contributed by atoms with Crippen molar-refractivity contribution in [1.29, 1.82) is 5.26 Å². The molecule has 0 saturated carbocycles. The van der Waals surface area contributed by atoms with Gasteiger partial charge in [0.25, 0.3) is 5.91 Å². The predicted octanol–water partition coefficient (Wildman–Crippen LogP) is -0.0133. The number of piperazine rings is 1. The highest BCUT2D eigenvalue weighted by Gasteiger charge is 2.41. The number of ether oxygens (including phenoxy) is 1. The van der Waals surface area contributed by atoms with Crippen molar-refractivity contribution >= 4 is 25.8 Å². The maximum atomic E-state index is 12.7. The Hall–Kier alpha value is -2.16. The van der Waals surface area contributed by atoms with Gasteiger partial charge in [0, 0.05) is 26.2 Å². The molecule has 0 radical (unpaired) electrons. The van der Waals surface area contributed by atoms with Crippen LogP contribution in [0.2, 0.25) is 0 Å². The van der Waals surface area contributed by atoms with E-state index in [4.69, 9.17) is 10.00 Å². The minimum Gasteiger partial charge on any atom is -0.481 e. The molecule has 1 aromatic rings. The molecular weight excluding hydrogens is 418 g/mol. The van der Waals surface area contributed by atoms with Gasteiger partial charge in [-0.05, 0) is 31.5 Å². The molecule has 2 fully saturated rings. The number of hydrogen-bond acceptors (Lipinski definition) is 7. The first-order chi connectivity index (χ1) is 13.6. The summed E-state index contributed by atoms with van der Waals surface area (Å²) < 4.78 is 55.5. The van der Waals surface area contributed by atoms with Crippen molar-refractivity contribution in [2.24, 2.45) is 0 Å². The molecule has 0 bridgehead atoms. The Labute approximate surface area is 170 Å². The maximum absolute atomic E-state index is 12.7. The van der Waals surface area contributed by atoms with Gasteiger partial charge in [0.1, 0.15) is 5.75 Å². The molecule has 2 saturated heterocycles. The Morgan fingerprint density at radius 1 is 1.28 bits per heavy atom. The Kier molecular flexibility index (Phi) is 6.16. The molecule has 11 heteroatoms. The molecule has 2 atom stereocenters. The fourth-order valence-electron chi connectivity index (χ4n) is 3.52. The third-order valence-electron chi connectivity index (χ3n) is 5.15. The Balaban J connectivity index is 1.57. The molecule has 29 heavy (non-hydrogen) atoms. The van der Waals surface area contributed by atoms with Crippen molar-refractivity contribution < 1.29 is 26.4 Å². The van der Waals surface area contributed by atoms with Crippen molar-refractivity contribution in [2.75, 3.05) is 37.7 Å². The predicted molar refractivity (Wildman–Crippen MR) is 105 cm³/mol. The fraction of sp³-hybridized carbons (Fsp3) is 0.556. The van der Waals surface area contributed by atoms with Crippen LogP contribution in [0, 0.1) is 11.3 Å². The zero-order valence-corrected chi connectivity index (χ0v) is 17.7. The van der Waals surface area contributed by atoms with E-state index in [1.54, 1.807) is 31.2 Å². The SMILES string of the molecule is CC(Oc1cccc(C#N)c1)C(=O)N1CCN(S(=O)(=O)C2CCS(=O)(=O)C2)CC1. The largest absolute Gasteiger partial charge is 0.481 e. The quantitative estimate of drug-likeness (QED) is 0.629. The lowest BCUT2D eigenvalue weighted by atomic mass is 10.2. The summed E-state index contributed by atoms with van der Waals surface area (Å²) in [6.45, 7) is 2.28. The van der Waals surface area contributed by atoms with E-state index in [2.05, 4.69) is 0 Å². The number of benzene rings is 1. The molecule has 9 nitrogen and oxygen atoms in total. The molecule has 2 heterocycles. The minimum atomic E-state index is -3.70. The highest BCUT2D eigenvalue weighted by molar-refractivity contribution is 7.95. The second-order valence-electron chi connectivity index (χ2n) is 7.19. The number of carbonyl (C=O) groups is 1. The summed E-state index contributed by atoms with van der Waals surface area (Å²) >= 11 is 0. The van der Waals surface area contributed by atoms with E-state index in [1.807, 2.05) is 6.07 Å². The van der Waals surface area contributed by atoms with Gasteiger partial charge >= 0.3 is 0 Å². The van der Waals surface area contributed by atoms with Crippen molar-refractivity contribution in [3.63, 3.8) is 0 Å². The van der Waals surface area contributed by atoms with Crippen LogP contribution in [-0.4, -0.2) is 81.0 Å². The average Bonchev–Trinajstić information content (AvgIpc) is 3.08. The molecule has 0 spiro atoms. The Bertz CT molecular complexity index is 1020. The summed E-state index contributed by atoms with van der Waals surface area (Å²) in [6.07, 6.45) is -0.664. The Morgan fingerprint density at radius 2 is 1.97 bits per heavy atom. The fourth-order valence-corrected chi connectivity index (χ4v) is 8.03. The normalized spacial score (nSPS) is 23.3. The lowest BCUT2D eigenvalue weighted by Gasteiger charge is -2.36.